The zero-order chi connectivity index (χ0) is 12.0. The average Bonchev–Trinajstić information content (AvgIpc) is 2.82. The van der Waals surface area contributed by atoms with Crippen molar-refractivity contribution in [2.24, 2.45) is 41.4 Å². The normalized spacial score (nSPS) is 51.8. The Labute approximate surface area is 115 Å². The SMILES string of the molecule is C.CC1C2CC(C2)C[C@H]1C.CC1CC2CCC1C2. The van der Waals surface area contributed by atoms with E-state index in [2.05, 4.69) is 20.8 Å². The third kappa shape index (κ3) is 2.63. The Bertz CT molecular complexity index is 259. The molecule has 0 nitrogen and oxygen atoms in total. The first-order valence-corrected chi connectivity index (χ1v) is 8.13. The second-order valence-corrected chi connectivity index (χ2v) is 7.82. The minimum Gasteiger partial charge on any atom is -0.0776 e. The van der Waals surface area contributed by atoms with Gasteiger partial charge in [0.05, 0.1) is 0 Å². The monoisotopic (exact) mass is 250 g/mol. The molecule has 0 heterocycles. The summed E-state index contributed by atoms with van der Waals surface area (Å²) in [5.74, 6) is 7.70. The molecule has 0 N–H and O–H groups in total. The maximum atomic E-state index is 2.44. The summed E-state index contributed by atoms with van der Waals surface area (Å²) < 4.78 is 0. The second kappa shape index (κ2) is 5.55. The molecule has 0 heteroatoms. The predicted octanol–water partition coefficient (Wildman–Crippen LogP) is 5.77. The van der Waals surface area contributed by atoms with Crippen molar-refractivity contribution < 1.29 is 0 Å². The van der Waals surface area contributed by atoms with Crippen molar-refractivity contribution in [1.82, 2.24) is 0 Å². The lowest BCUT2D eigenvalue weighted by atomic mass is 9.57. The highest BCUT2D eigenvalue weighted by atomic mass is 14.5. The topological polar surface area (TPSA) is 0 Å². The van der Waals surface area contributed by atoms with Crippen LogP contribution in [0.25, 0.3) is 0 Å². The fraction of sp³-hybridized carbons (Fsp3) is 1.00. The molecule has 0 radical (unpaired) electrons. The first-order chi connectivity index (χ1) is 8.13. The molecule has 5 fully saturated rings. The third-order valence-electron chi connectivity index (χ3n) is 6.71. The molecule has 18 heavy (non-hydrogen) atoms. The van der Waals surface area contributed by atoms with E-state index >= 15 is 0 Å². The number of hydrogen-bond donors (Lipinski definition) is 0. The maximum Gasteiger partial charge on any atom is -0.0381 e. The molecule has 106 valence electrons. The van der Waals surface area contributed by atoms with Crippen molar-refractivity contribution >= 4 is 0 Å². The van der Waals surface area contributed by atoms with E-state index < -0.39 is 0 Å². The van der Waals surface area contributed by atoms with Crippen LogP contribution in [0.3, 0.4) is 0 Å². The molecule has 0 aliphatic heterocycles. The molecule has 5 aliphatic carbocycles. The lowest BCUT2D eigenvalue weighted by Crippen LogP contribution is -2.39. The summed E-state index contributed by atoms with van der Waals surface area (Å²) in [4.78, 5) is 0. The van der Waals surface area contributed by atoms with Crippen LogP contribution < -0.4 is 0 Å². The lowest BCUT2D eigenvalue weighted by Gasteiger charge is -2.49. The summed E-state index contributed by atoms with van der Waals surface area (Å²) >= 11 is 0. The molecule has 0 amide bonds. The van der Waals surface area contributed by atoms with E-state index in [1.807, 2.05) is 0 Å². The van der Waals surface area contributed by atoms with Crippen LogP contribution in [0.2, 0.25) is 0 Å². The molecule has 5 saturated carbocycles. The molecule has 4 bridgehead atoms. The van der Waals surface area contributed by atoms with Gasteiger partial charge in [-0.15, -0.1) is 0 Å². The molecular weight excluding hydrogens is 216 g/mol. The molecule has 5 rings (SSSR count). The van der Waals surface area contributed by atoms with Gasteiger partial charge in [-0.05, 0) is 80.0 Å². The standard InChI is InChI=1S/C9H16.C8H14.CH4/c1-6-3-8-4-9(5-8)7(6)2;1-6-4-7-2-3-8(6)5-7;/h6-9H,3-5H2,1-2H3;6-8H,2-5H2,1H3;1H4/t6-,7?,8?,9?;;/m1../s1. The van der Waals surface area contributed by atoms with Crippen molar-refractivity contribution in [1.29, 1.82) is 0 Å². The quantitative estimate of drug-likeness (QED) is 0.512. The van der Waals surface area contributed by atoms with E-state index in [9.17, 15) is 0 Å². The van der Waals surface area contributed by atoms with Gasteiger partial charge in [0.15, 0.2) is 0 Å². The van der Waals surface area contributed by atoms with Crippen molar-refractivity contribution in [3.05, 3.63) is 0 Å². The zero-order valence-electron chi connectivity index (χ0n) is 12.0. The van der Waals surface area contributed by atoms with Crippen LogP contribution in [0.4, 0.5) is 0 Å². The smallest absolute Gasteiger partial charge is 0.0381 e. The molecule has 0 spiro atoms. The molecule has 0 aromatic carbocycles. The molecular formula is C18H34. The van der Waals surface area contributed by atoms with Gasteiger partial charge >= 0.3 is 0 Å². The minimum absolute atomic E-state index is 0. The fourth-order valence-corrected chi connectivity index (χ4v) is 5.18. The molecule has 5 aliphatic rings. The highest BCUT2D eigenvalue weighted by molar-refractivity contribution is 4.91. The van der Waals surface area contributed by atoms with Crippen LogP contribution in [0.15, 0.2) is 0 Å². The van der Waals surface area contributed by atoms with E-state index in [1.165, 1.54) is 6.42 Å². The average molecular weight is 250 g/mol. The Balaban J connectivity index is 0.000000127. The van der Waals surface area contributed by atoms with E-state index in [1.54, 1.807) is 38.5 Å². The summed E-state index contributed by atoms with van der Waals surface area (Å²) in [6.07, 6.45) is 10.9. The Morgan fingerprint density at radius 1 is 0.611 bits per heavy atom. The van der Waals surface area contributed by atoms with Gasteiger partial charge in [-0.1, -0.05) is 34.6 Å². The second-order valence-electron chi connectivity index (χ2n) is 7.82. The maximum absolute atomic E-state index is 2.44. The summed E-state index contributed by atoms with van der Waals surface area (Å²) in [7, 11) is 0. The number of rotatable bonds is 0. The van der Waals surface area contributed by atoms with E-state index in [0.717, 1.165) is 41.4 Å². The molecule has 5 atom stereocenters. The van der Waals surface area contributed by atoms with Crippen molar-refractivity contribution in [3.63, 3.8) is 0 Å². The number of hydrogen-bond acceptors (Lipinski definition) is 0. The fourth-order valence-electron chi connectivity index (χ4n) is 5.18. The van der Waals surface area contributed by atoms with Gasteiger partial charge in [-0.3, -0.25) is 0 Å². The van der Waals surface area contributed by atoms with Crippen LogP contribution >= 0.6 is 0 Å². The Morgan fingerprint density at radius 3 is 1.50 bits per heavy atom. The van der Waals surface area contributed by atoms with Gasteiger partial charge in [0.25, 0.3) is 0 Å². The lowest BCUT2D eigenvalue weighted by molar-refractivity contribution is 0.0154. The first-order valence-electron chi connectivity index (χ1n) is 8.13. The van der Waals surface area contributed by atoms with E-state index in [4.69, 9.17) is 0 Å². The molecule has 0 saturated heterocycles. The highest BCUT2D eigenvalue weighted by Crippen LogP contribution is 2.51. The van der Waals surface area contributed by atoms with Crippen molar-refractivity contribution in [2.75, 3.05) is 0 Å². The van der Waals surface area contributed by atoms with Gasteiger partial charge in [-0.2, -0.15) is 0 Å². The number of fused-ring (bicyclic) bond motifs is 4. The van der Waals surface area contributed by atoms with Crippen molar-refractivity contribution in [2.45, 2.75) is 73.1 Å². The van der Waals surface area contributed by atoms with E-state index in [-0.39, 0.29) is 7.43 Å². The zero-order valence-corrected chi connectivity index (χ0v) is 12.0. The predicted molar refractivity (Wildman–Crippen MR) is 80.5 cm³/mol. The van der Waals surface area contributed by atoms with Crippen LogP contribution in [0.5, 0.6) is 0 Å². The third-order valence-corrected chi connectivity index (χ3v) is 6.71. The molecule has 0 aromatic rings. The Kier molecular flexibility index (Phi) is 4.44. The molecule has 4 unspecified atom stereocenters. The van der Waals surface area contributed by atoms with Gasteiger partial charge in [0.1, 0.15) is 0 Å². The van der Waals surface area contributed by atoms with Gasteiger partial charge in [0, 0.05) is 0 Å². The van der Waals surface area contributed by atoms with Crippen LogP contribution in [-0.2, 0) is 0 Å². The van der Waals surface area contributed by atoms with Crippen LogP contribution in [0, 0.1) is 41.4 Å². The summed E-state index contributed by atoms with van der Waals surface area (Å²) in [5.41, 5.74) is 0. The van der Waals surface area contributed by atoms with Crippen LogP contribution in [0.1, 0.15) is 73.1 Å². The van der Waals surface area contributed by atoms with Crippen LogP contribution in [-0.4, -0.2) is 0 Å². The molecule has 0 aromatic heterocycles. The van der Waals surface area contributed by atoms with E-state index in [0.29, 0.717) is 0 Å². The minimum atomic E-state index is 0. The Hall–Kier alpha value is 0. The first kappa shape index (κ1) is 14.4. The summed E-state index contributed by atoms with van der Waals surface area (Å²) in [6.45, 7) is 7.28. The van der Waals surface area contributed by atoms with Gasteiger partial charge in [-0.25, -0.2) is 0 Å². The summed E-state index contributed by atoms with van der Waals surface area (Å²) in [6, 6.07) is 0. The van der Waals surface area contributed by atoms with Gasteiger partial charge in [0.2, 0.25) is 0 Å². The highest BCUT2D eigenvalue weighted by Gasteiger charge is 2.41. The summed E-state index contributed by atoms with van der Waals surface area (Å²) in [5, 5.41) is 0. The van der Waals surface area contributed by atoms with Gasteiger partial charge < -0.3 is 0 Å². The largest absolute Gasteiger partial charge is 0.0776 e. The Morgan fingerprint density at radius 2 is 1.22 bits per heavy atom. The van der Waals surface area contributed by atoms with Crippen molar-refractivity contribution in [3.8, 4) is 0 Å².